The molecular formula is C18H20FNO3. The molecule has 1 saturated heterocycles. The number of halogens is 1. The molecule has 122 valence electrons. The summed E-state index contributed by atoms with van der Waals surface area (Å²) < 4.78 is 26.3. The van der Waals surface area contributed by atoms with E-state index in [0.29, 0.717) is 17.9 Å². The van der Waals surface area contributed by atoms with Crippen LogP contribution in [0.5, 0.6) is 11.5 Å². The number of hydrogen-bond acceptors (Lipinski definition) is 4. The van der Waals surface area contributed by atoms with Crippen molar-refractivity contribution < 1.29 is 19.0 Å². The van der Waals surface area contributed by atoms with E-state index in [9.17, 15) is 9.50 Å². The topological polar surface area (TPSA) is 41.9 Å². The largest absolute Gasteiger partial charge is 0.493 e. The molecule has 1 N–H and O–H groups in total. The van der Waals surface area contributed by atoms with E-state index in [1.165, 1.54) is 6.08 Å². The van der Waals surface area contributed by atoms with Crippen LogP contribution in [0.25, 0.3) is 0 Å². The van der Waals surface area contributed by atoms with E-state index in [4.69, 9.17) is 9.47 Å². The highest BCUT2D eigenvalue weighted by Gasteiger charge is 2.71. The van der Waals surface area contributed by atoms with Crippen molar-refractivity contribution in [3.63, 3.8) is 0 Å². The number of hydrogen-bond donors (Lipinski definition) is 1. The molecule has 2 heterocycles. The van der Waals surface area contributed by atoms with E-state index in [1.807, 2.05) is 19.2 Å². The molecule has 1 fully saturated rings. The van der Waals surface area contributed by atoms with E-state index in [0.717, 1.165) is 24.1 Å². The summed E-state index contributed by atoms with van der Waals surface area (Å²) in [7, 11) is 3.63. The van der Waals surface area contributed by atoms with Crippen molar-refractivity contribution in [1.29, 1.82) is 0 Å². The highest BCUT2D eigenvalue weighted by Crippen LogP contribution is 2.64. The highest BCUT2D eigenvalue weighted by molar-refractivity contribution is 5.64. The summed E-state index contributed by atoms with van der Waals surface area (Å²) in [6, 6.07) is 3.88. The van der Waals surface area contributed by atoms with Gasteiger partial charge in [-0.2, -0.15) is 0 Å². The summed E-state index contributed by atoms with van der Waals surface area (Å²) in [6.07, 6.45) is 2.67. The third kappa shape index (κ3) is 1.32. The van der Waals surface area contributed by atoms with Crippen molar-refractivity contribution in [3.05, 3.63) is 35.4 Å². The van der Waals surface area contributed by atoms with Crippen molar-refractivity contribution in [2.45, 2.75) is 42.2 Å². The second kappa shape index (κ2) is 4.08. The van der Waals surface area contributed by atoms with Crippen LogP contribution >= 0.6 is 0 Å². The normalized spacial score (nSPS) is 43.0. The quantitative estimate of drug-likeness (QED) is 0.799. The van der Waals surface area contributed by atoms with Gasteiger partial charge in [-0.1, -0.05) is 12.1 Å². The fraction of sp³-hybridized carbons (Fsp3) is 0.556. The summed E-state index contributed by atoms with van der Waals surface area (Å²) in [5, 5.41) is 11.6. The molecule has 23 heavy (non-hydrogen) atoms. The van der Waals surface area contributed by atoms with Gasteiger partial charge in [0.1, 0.15) is 11.7 Å². The SMILES string of the molecule is COc1ccc2c3c1O[C@H]1[C@H](F)C=C[C@@]4(O)[C@@H](C2)N(C)CC[C@]314. The summed E-state index contributed by atoms with van der Waals surface area (Å²) in [5.74, 6) is 1.25. The minimum absolute atomic E-state index is 0.0575. The zero-order valence-corrected chi connectivity index (χ0v) is 13.3. The van der Waals surface area contributed by atoms with Gasteiger partial charge in [0.2, 0.25) is 0 Å². The molecule has 1 aromatic rings. The van der Waals surface area contributed by atoms with Gasteiger partial charge in [-0.25, -0.2) is 4.39 Å². The van der Waals surface area contributed by atoms with Crippen molar-refractivity contribution in [2.24, 2.45) is 0 Å². The van der Waals surface area contributed by atoms with E-state index in [2.05, 4.69) is 4.90 Å². The Morgan fingerprint density at radius 3 is 3.04 bits per heavy atom. The van der Waals surface area contributed by atoms with Crippen molar-refractivity contribution >= 4 is 0 Å². The fourth-order valence-electron chi connectivity index (χ4n) is 5.40. The van der Waals surface area contributed by atoms with Crippen LogP contribution in [0.4, 0.5) is 4.39 Å². The molecule has 0 aromatic heterocycles. The molecule has 2 aliphatic heterocycles. The van der Waals surface area contributed by atoms with Gasteiger partial charge in [0, 0.05) is 11.6 Å². The van der Waals surface area contributed by atoms with Crippen LogP contribution in [0.15, 0.2) is 24.3 Å². The van der Waals surface area contributed by atoms with E-state index in [-0.39, 0.29) is 6.04 Å². The summed E-state index contributed by atoms with van der Waals surface area (Å²) >= 11 is 0. The van der Waals surface area contributed by atoms with Gasteiger partial charge in [-0.05, 0) is 44.1 Å². The number of rotatable bonds is 1. The number of aliphatic hydroxyl groups is 1. The van der Waals surface area contributed by atoms with Crippen molar-refractivity contribution in [1.82, 2.24) is 4.90 Å². The van der Waals surface area contributed by atoms with Gasteiger partial charge < -0.3 is 14.6 Å². The average Bonchev–Trinajstić information content (AvgIpc) is 2.90. The summed E-state index contributed by atoms with van der Waals surface area (Å²) in [6.45, 7) is 0.823. The van der Waals surface area contributed by atoms with Crippen LogP contribution in [0.3, 0.4) is 0 Å². The first-order valence-electron chi connectivity index (χ1n) is 8.16. The number of ether oxygens (including phenoxy) is 2. The molecular weight excluding hydrogens is 297 g/mol. The van der Waals surface area contributed by atoms with Crippen LogP contribution in [0.2, 0.25) is 0 Å². The Morgan fingerprint density at radius 1 is 1.43 bits per heavy atom. The lowest BCUT2D eigenvalue weighted by Gasteiger charge is -2.60. The smallest absolute Gasteiger partial charge is 0.166 e. The van der Waals surface area contributed by atoms with E-state index < -0.39 is 23.3 Å². The molecule has 2 bridgehead atoms. The van der Waals surface area contributed by atoms with Crippen LogP contribution < -0.4 is 9.47 Å². The maximum atomic E-state index is 14.7. The molecule has 0 unspecified atom stereocenters. The summed E-state index contributed by atoms with van der Waals surface area (Å²) in [5.41, 5.74) is 0.306. The van der Waals surface area contributed by atoms with Gasteiger partial charge >= 0.3 is 0 Å². The van der Waals surface area contributed by atoms with E-state index >= 15 is 0 Å². The molecule has 0 radical (unpaired) electrons. The third-order valence-corrected chi connectivity index (χ3v) is 6.45. The Kier molecular flexibility index (Phi) is 2.45. The molecule has 1 spiro atoms. The predicted molar refractivity (Wildman–Crippen MR) is 82.8 cm³/mol. The van der Waals surface area contributed by atoms with Gasteiger partial charge in [0.15, 0.2) is 17.7 Å². The minimum Gasteiger partial charge on any atom is -0.493 e. The third-order valence-electron chi connectivity index (χ3n) is 6.45. The van der Waals surface area contributed by atoms with Crippen LogP contribution in [-0.2, 0) is 11.8 Å². The highest BCUT2D eigenvalue weighted by atomic mass is 19.1. The van der Waals surface area contributed by atoms with Crippen molar-refractivity contribution in [3.8, 4) is 11.5 Å². The maximum Gasteiger partial charge on any atom is 0.166 e. The number of methoxy groups -OCH3 is 1. The second-order valence-electron chi connectivity index (χ2n) is 7.22. The Bertz CT molecular complexity index is 735. The first kappa shape index (κ1) is 13.8. The number of likely N-dealkylation sites (N-methyl/N-ethyl adjacent to an activating group) is 1. The molecule has 5 rings (SSSR count). The molecule has 1 aromatic carbocycles. The van der Waals surface area contributed by atoms with Gasteiger partial charge in [0.05, 0.1) is 12.5 Å². The van der Waals surface area contributed by atoms with Gasteiger partial charge in [-0.3, -0.25) is 4.90 Å². The zero-order chi connectivity index (χ0) is 16.0. The Morgan fingerprint density at radius 2 is 2.26 bits per heavy atom. The molecule has 4 aliphatic rings. The van der Waals surface area contributed by atoms with E-state index in [1.54, 1.807) is 13.2 Å². The Hall–Kier alpha value is -1.59. The molecule has 5 atom stereocenters. The standard InChI is InChI=1S/C18H20FNO3/c1-20-8-7-17-14-10-3-4-12(22-2)15(14)23-16(17)11(19)5-6-18(17,21)13(20)9-10/h3-6,11,13,16,21H,7-9H2,1-2H3/t11-,13-,16+,17+,18-/m1/s1. The Labute approximate surface area is 134 Å². The maximum absolute atomic E-state index is 14.7. The molecule has 0 saturated carbocycles. The average molecular weight is 317 g/mol. The molecule has 0 amide bonds. The lowest BCUT2D eigenvalue weighted by molar-refractivity contribution is -0.144. The minimum atomic E-state index is -1.22. The second-order valence-corrected chi connectivity index (χ2v) is 7.22. The first-order valence-corrected chi connectivity index (χ1v) is 8.16. The van der Waals surface area contributed by atoms with Gasteiger partial charge in [0.25, 0.3) is 0 Å². The Balaban J connectivity index is 1.87. The number of benzene rings is 1. The van der Waals surface area contributed by atoms with Crippen LogP contribution in [-0.4, -0.2) is 54.6 Å². The lowest BCUT2D eigenvalue weighted by atomic mass is 9.51. The molecule has 4 nitrogen and oxygen atoms in total. The predicted octanol–water partition coefficient (Wildman–Crippen LogP) is 1.59. The number of piperidine rings is 1. The van der Waals surface area contributed by atoms with Crippen LogP contribution in [0, 0.1) is 0 Å². The summed E-state index contributed by atoms with van der Waals surface area (Å²) in [4.78, 5) is 2.19. The lowest BCUT2D eigenvalue weighted by Crippen LogP contribution is -2.74. The first-order chi connectivity index (χ1) is 11.0. The van der Waals surface area contributed by atoms with Crippen molar-refractivity contribution in [2.75, 3.05) is 20.7 Å². The van der Waals surface area contributed by atoms with Gasteiger partial charge in [-0.15, -0.1) is 0 Å². The fourth-order valence-corrected chi connectivity index (χ4v) is 5.40. The molecule has 2 aliphatic carbocycles. The zero-order valence-electron chi connectivity index (χ0n) is 13.3. The number of nitrogens with zero attached hydrogens (tertiary/aromatic N) is 1. The number of likely N-dealkylation sites (tertiary alicyclic amines) is 1. The monoisotopic (exact) mass is 317 g/mol. The van der Waals surface area contributed by atoms with Crippen LogP contribution in [0.1, 0.15) is 17.5 Å². The molecule has 5 heteroatoms. The number of alkyl halides is 1.